The van der Waals surface area contributed by atoms with Crippen molar-refractivity contribution in [2.24, 2.45) is 5.73 Å². The maximum absolute atomic E-state index is 12.8. The minimum Gasteiger partial charge on any atom is -0.480 e. The van der Waals surface area contributed by atoms with E-state index in [2.05, 4.69) is 6.92 Å². The Morgan fingerprint density at radius 1 is 1.40 bits per heavy atom. The lowest BCUT2D eigenvalue weighted by molar-refractivity contribution is -0.144. The van der Waals surface area contributed by atoms with E-state index in [1.165, 1.54) is 0 Å². The summed E-state index contributed by atoms with van der Waals surface area (Å²) in [6.07, 6.45) is 3.52. The largest absolute Gasteiger partial charge is 0.480 e. The van der Waals surface area contributed by atoms with Crippen molar-refractivity contribution in [2.75, 3.05) is 6.54 Å². The van der Waals surface area contributed by atoms with Crippen LogP contribution in [0.4, 0.5) is 0 Å². The maximum Gasteiger partial charge on any atom is 0.264 e. The molecule has 2 N–H and O–H groups in total. The van der Waals surface area contributed by atoms with E-state index in [1.54, 1.807) is 0 Å². The molecule has 1 saturated heterocycles. The smallest absolute Gasteiger partial charge is 0.264 e. The van der Waals surface area contributed by atoms with Gasteiger partial charge >= 0.3 is 0 Å². The van der Waals surface area contributed by atoms with E-state index in [0.717, 1.165) is 30.6 Å². The summed E-state index contributed by atoms with van der Waals surface area (Å²) in [6, 6.07) is 8.32. The summed E-state index contributed by atoms with van der Waals surface area (Å²) in [4.78, 5) is 14.8. The highest BCUT2D eigenvalue weighted by atomic mass is 16.5. The number of benzene rings is 1. The van der Waals surface area contributed by atoms with Gasteiger partial charge in [0.1, 0.15) is 5.75 Å². The molecular weight excluding hydrogens is 252 g/mol. The summed E-state index contributed by atoms with van der Waals surface area (Å²) in [5.41, 5.74) is 6.97. The third kappa shape index (κ3) is 2.29. The molecule has 0 aliphatic carbocycles. The van der Waals surface area contributed by atoms with Crippen molar-refractivity contribution >= 4 is 5.91 Å². The monoisotopic (exact) mass is 274 g/mol. The van der Waals surface area contributed by atoms with Crippen LogP contribution < -0.4 is 10.5 Å². The minimum atomic E-state index is -0.373. The number of carbonyl (C=O) groups is 1. The van der Waals surface area contributed by atoms with Crippen LogP contribution in [-0.2, 0) is 11.2 Å². The average Bonchev–Trinajstić information content (AvgIpc) is 2.90. The van der Waals surface area contributed by atoms with Crippen LogP contribution >= 0.6 is 0 Å². The fourth-order valence-electron chi connectivity index (χ4n) is 3.40. The van der Waals surface area contributed by atoms with Crippen LogP contribution in [-0.4, -0.2) is 35.5 Å². The molecule has 3 unspecified atom stereocenters. The van der Waals surface area contributed by atoms with E-state index in [4.69, 9.17) is 10.5 Å². The maximum atomic E-state index is 12.8. The molecule has 4 heteroatoms. The molecule has 20 heavy (non-hydrogen) atoms. The van der Waals surface area contributed by atoms with E-state index in [0.29, 0.717) is 13.0 Å². The standard InChI is InChI=1S/C16H22N2O2/c1-11-5-4-7-13(10-17)18(11)16(19)15-9-12-6-2-3-8-14(12)20-15/h2-3,6,8,11,13,15H,4-5,7,9-10,17H2,1H3. The number of rotatable bonds is 2. The van der Waals surface area contributed by atoms with Crippen LogP contribution in [0.25, 0.3) is 0 Å². The van der Waals surface area contributed by atoms with Gasteiger partial charge in [-0.15, -0.1) is 0 Å². The number of nitrogens with two attached hydrogens (primary N) is 1. The van der Waals surface area contributed by atoms with Gasteiger partial charge in [-0.2, -0.15) is 0 Å². The van der Waals surface area contributed by atoms with Crippen molar-refractivity contribution in [3.8, 4) is 5.75 Å². The summed E-state index contributed by atoms with van der Waals surface area (Å²) in [5, 5.41) is 0. The lowest BCUT2D eigenvalue weighted by Gasteiger charge is -2.41. The molecule has 0 radical (unpaired) electrons. The number of ether oxygens (including phenoxy) is 1. The summed E-state index contributed by atoms with van der Waals surface area (Å²) in [7, 11) is 0. The topological polar surface area (TPSA) is 55.6 Å². The number of nitrogens with zero attached hydrogens (tertiary/aromatic N) is 1. The number of amides is 1. The van der Waals surface area contributed by atoms with Crippen LogP contribution in [0.3, 0.4) is 0 Å². The Bertz CT molecular complexity index is 478. The molecule has 2 heterocycles. The van der Waals surface area contributed by atoms with Crippen molar-refractivity contribution < 1.29 is 9.53 Å². The molecule has 3 rings (SSSR count). The Hall–Kier alpha value is -1.55. The Morgan fingerprint density at radius 3 is 2.95 bits per heavy atom. The van der Waals surface area contributed by atoms with Gasteiger partial charge in [-0.3, -0.25) is 4.79 Å². The van der Waals surface area contributed by atoms with Gasteiger partial charge in [0.25, 0.3) is 5.91 Å². The summed E-state index contributed by atoms with van der Waals surface area (Å²) in [6.45, 7) is 2.65. The van der Waals surface area contributed by atoms with Crippen molar-refractivity contribution in [3.05, 3.63) is 29.8 Å². The zero-order valence-electron chi connectivity index (χ0n) is 11.9. The number of piperidine rings is 1. The first-order chi connectivity index (χ1) is 9.70. The first-order valence-electron chi connectivity index (χ1n) is 7.47. The lowest BCUT2D eigenvalue weighted by Crippen LogP contribution is -2.55. The zero-order valence-corrected chi connectivity index (χ0v) is 11.9. The van der Waals surface area contributed by atoms with E-state index in [9.17, 15) is 4.79 Å². The fourth-order valence-corrected chi connectivity index (χ4v) is 3.40. The molecule has 1 aromatic rings. The number of hydrogen-bond acceptors (Lipinski definition) is 3. The number of hydrogen-bond donors (Lipinski definition) is 1. The molecule has 0 bridgehead atoms. The van der Waals surface area contributed by atoms with Gasteiger partial charge < -0.3 is 15.4 Å². The molecule has 4 nitrogen and oxygen atoms in total. The predicted molar refractivity (Wildman–Crippen MR) is 77.6 cm³/mol. The molecule has 3 atom stereocenters. The quantitative estimate of drug-likeness (QED) is 0.893. The molecule has 0 spiro atoms. The molecule has 1 amide bonds. The minimum absolute atomic E-state index is 0.101. The second kappa shape index (κ2) is 5.44. The summed E-state index contributed by atoms with van der Waals surface area (Å²) in [5.74, 6) is 0.948. The van der Waals surface area contributed by atoms with E-state index in [-0.39, 0.29) is 24.1 Å². The Balaban J connectivity index is 1.76. The molecule has 1 fully saturated rings. The fraction of sp³-hybridized carbons (Fsp3) is 0.562. The summed E-state index contributed by atoms with van der Waals surface area (Å²) >= 11 is 0. The molecule has 1 aromatic carbocycles. The number of para-hydroxylation sites is 1. The van der Waals surface area contributed by atoms with Gasteiger partial charge in [0.05, 0.1) is 0 Å². The number of fused-ring (bicyclic) bond motifs is 1. The van der Waals surface area contributed by atoms with Gasteiger partial charge in [0.2, 0.25) is 0 Å². The van der Waals surface area contributed by atoms with Crippen molar-refractivity contribution in [2.45, 2.75) is 50.8 Å². The Labute approximate surface area is 119 Å². The van der Waals surface area contributed by atoms with Gasteiger partial charge in [-0.1, -0.05) is 18.2 Å². The predicted octanol–water partition coefficient (Wildman–Crippen LogP) is 1.72. The van der Waals surface area contributed by atoms with Gasteiger partial charge in [0, 0.05) is 25.0 Å². The van der Waals surface area contributed by atoms with E-state index in [1.807, 2.05) is 29.2 Å². The van der Waals surface area contributed by atoms with Crippen LogP contribution in [0, 0.1) is 0 Å². The molecular formula is C16H22N2O2. The second-order valence-electron chi connectivity index (χ2n) is 5.83. The van der Waals surface area contributed by atoms with Crippen LogP contribution in [0.5, 0.6) is 5.75 Å². The van der Waals surface area contributed by atoms with Crippen molar-refractivity contribution in [3.63, 3.8) is 0 Å². The molecule has 0 aromatic heterocycles. The Morgan fingerprint density at radius 2 is 2.20 bits per heavy atom. The normalized spacial score (nSPS) is 28.9. The van der Waals surface area contributed by atoms with Crippen LogP contribution in [0.15, 0.2) is 24.3 Å². The molecule has 2 aliphatic heterocycles. The van der Waals surface area contributed by atoms with Crippen LogP contribution in [0.2, 0.25) is 0 Å². The van der Waals surface area contributed by atoms with Gasteiger partial charge in [-0.25, -0.2) is 0 Å². The third-order valence-corrected chi connectivity index (χ3v) is 4.48. The number of likely N-dealkylation sites (tertiary alicyclic amines) is 1. The lowest BCUT2D eigenvalue weighted by atomic mass is 9.95. The van der Waals surface area contributed by atoms with Crippen molar-refractivity contribution in [1.29, 1.82) is 0 Å². The van der Waals surface area contributed by atoms with Gasteiger partial charge in [0.15, 0.2) is 6.10 Å². The van der Waals surface area contributed by atoms with Gasteiger partial charge in [-0.05, 0) is 37.8 Å². The average molecular weight is 274 g/mol. The SMILES string of the molecule is CC1CCCC(CN)N1C(=O)C1Cc2ccccc2O1. The second-order valence-corrected chi connectivity index (χ2v) is 5.83. The highest BCUT2D eigenvalue weighted by Gasteiger charge is 2.38. The first kappa shape index (κ1) is 13.4. The highest BCUT2D eigenvalue weighted by molar-refractivity contribution is 5.83. The highest BCUT2D eigenvalue weighted by Crippen LogP contribution is 2.31. The van der Waals surface area contributed by atoms with E-state index < -0.39 is 0 Å². The first-order valence-corrected chi connectivity index (χ1v) is 7.47. The molecule has 0 saturated carbocycles. The Kier molecular flexibility index (Phi) is 3.66. The number of carbonyl (C=O) groups excluding carboxylic acids is 1. The van der Waals surface area contributed by atoms with E-state index >= 15 is 0 Å². The molecule has 108 valence electrons. The third-order valence-electron chi connectivity index (χ3n) is 4.48. The molecule has 2 aliphatic rings. The van der Waals surface area contributed by atoms with Crippen molar-refractivity contribution in [1.82, 2.24) is 4.90 Å². The van der Waals surface area contributed by atoms with Crippen LogP contribution in [0.1, 0.15) is 31.7 Å². The zero-order chi connectivity index (χ0) is 14.1. The summed E-state index contributed by atoms with van der Waals surface area (Å²) < 4.78 is 5.83.